The monoisotopic (exact) mass is 551 g/mol. The van der Waals surface area contributed by atoms with E-state index in [1.807, 2.05) is 6.07 Å². The van der Waals surface area contributed by atoms with Crippen molar-refractivity contribution in [3.63, 3.8) is 0 Å². The molecule has 0 saturated carbocycles. The summed E-state index contributed by atoms with van der Waals surface area (Å²) in [4.78, 5) is 54.6. The molecule has 2 aromatic carbocycles. The van der Waals surface area contributed by atoms with Crippen LogP contribution in [-0.2, 0) is 20.9 Å². The summed E-state index contributed by atoms with van der Waals surface area (Å²) in [6, 6.07) is 18.9. The topological polar surface area (TPSA) is 102 Å². The number of nitrogens with zero attached hydrogens (tertiary/aromatic N) is 2. The number of carbonyl (C=O) groups is 3. The molecule has 3 amide bonds. The summed E-state index contributed by atoms with van der Waals surface area (Å²) in [5.41, 5.74) is 1.04. The molecule has 2 unspecified atom stereocenters. The van der Waals surface area contributed by atoms with Crippen molar-refractivity contribution in [3.8, 4) is 0 Å². The van der Waals surface area contributed by atoms with Crippen molar-refractivity contribution >= 4 is 63.8 Å². The maximum absolute atomic E-state index is 13.7. The van der Waals surface area contributed by atoms with Crippen molar-refractivity contribution in [2.75, 3.05) is 10.2 Å². The third kappa shape index (κ3) is 4.11. The number of hydrogen-bond acceptors (Lipinski definition) is 7. The van der Waals surface area contributed by atoms with Gasteiger partial charge in [0.05, 0.1) is 33.7 Å². The first-order valence-electron chi connectivity index (χ1n) is 11.3. The zero-order valence-corrected chi connectivity index (χ0v) is 21.4. The first kappa shape index (κ1) is 23.8. The Labute approximate surface area is 223 Å². The molecule has 1 fully saturated rings. The predicted octanol–water partition coefficient (Wildman–Crippen LogP) is 4.59. The number of hydrogen-bond donors (Lipinski definition) is 1. The second-order valence-corrected chi connectivity index (χ2v) is 11.1. The third-order valence-electron chi connectivity index (χ3n) is 6.34. The van der Waals surface area contributed by atoms with Gasteiger partial charge in [-0.15, -0.1) is 0 Å². The fourth-order valence-corrected chi connectivity index (χ4v) is 7.62. The van der Waals surface area contributed by atoms with E-state index in [1.165, 1.54) is 15.7 Å². The van der Waals surface area contributed by atoms with Gasteiger partial charge in [0.25, 0.3) is 0 Å². The van der Waals surface area contributed by atoms with Crippen LogP contribution in [0.25, 0.3) is 0 Å². The van der Waals surface area contributed by atoms with Gasteiger partial charge < -0.3 is 9.73 Å². The van der Waals surface area contributed by atoms with Gasteiger partial charge in [0.2, 0.25) is 17.7 Å². The summed E-state index contributed by atoms with van der Waals surface area (Å²) in [6.45, 7) is -0.224. The molecule has 3 atom stereocenters. The number of carbonyl (C=O) groups excluding carboxylic acids is 3. The van der Waals surface area contributed by atoms with E-state index in [0.717, 1.165) is 23.1 Å². The van der Waals surface area contributed by atoms with Crippen LogP contribution in [0.3, 0.4) is 0 Å². The van der Waals surface area contributed by atoms with Crippen LogP contribution in [0.5, 0.6) is 0 Å². The molecule has 4 aromatic rings. The van der Waals surface area contributed by atoms with Gasteiger partial charge in [-0.2, -0.15) is 0 Å². The van der Waals surface area contributed by atoms with Crippen molar-refractivity contribution < 1.29 is 18.8 Å². The van der Waals surface area contributed by atoms with Gasteiger partial charge >= 0.3 is 4.87 Å². The maximum Gasteiger partial charge on any atom is 0.308 e. The minimum absolute atomic E-state index is 0.224. The van der Waals surface area contributed by atoms with Crippen LogP contribution in [-0.4, -0.2) is 27.5 Å². The van der Waals surface area contributed by atoms with Crippen molar-refractivity contribution in [3.05, 3.63) is 98.3 Å². The molecule has 1 N–H and O–H groups in total. The number of amides is 3. The fourth-order valence-electron chi connectivity index (χ4n) is 4.74. The summed E-state index contributed by atoms with van der Waals surface area (Å²) < 4.78 is 7.07. The molecule has 186 valence electrons. The highest BCUT2D eigenvalue weighted by atomic mass is 35.5. The highest BCUT2D eigenvalue weighted by Gasteiger charge is 2.57. The first-order chi connectivity index (χ1) is 17.9. The summed E-state index contributed by atoms with van der Waals surface area (Å²) in [5, 5.41) is 2.99. The number of benzene rings is 2. The lowest BCUT2D eigenvalue weighted by atomic mass is 9.87. The molecule has 0 radical (unpaired) electrons. The van der Waals surface area contributed by atoms with Crippen LogP contribution in [0, 0.1) is 5.92 Å². The van der Waals surface area contributed by atoms with E-state index < -0.39 is 17.1 Å². The molecular weight excluding hydrogens is 534 g/mol. The molecule has 4 heterocycles. The number of thiazole rings is 1. The average molecular weight is 552 g/mol. The van der Waals surface area contributed by atoms with Gasteiger partial charge in [0.15, 0.2) is 0 Å². The van der Waals surface area contributed by atoms with Crippen LogP contribution in [0.15, 0.2) is 87.2 Å². The van der Waals surface area contributed by atoms with Crippen LogP contribution >= 0.6 is 34.7 Å². The summed E-state index contributed by atoms with van der Waals surface area (Å²) in [5.74, 6) is -2.05. The molecule has 6 rings (SSSR count). The summed E-state index contributed by atoms with van der Waals surface area (Å²) in [6.07, 6.45) is 1.50. The number of thioether (sulfide) groups is 1. The van der Waals surface area contributed by atoms with Gasteiger partial charge in [-0.25, -0.2) is 4.90 Å². The van der Waals surface area contributed by atoms with Gasteiger partial charge in [0, 0.05) is 10.7 Å². The molecule has 2 aliphatic heterocycles. The Morgan fingerprint density at radius 3 is 2.43 bits per heavy atom. The molecule has 11 heteroatoms. The molecule has 0 aliphatic carbocycles. The Hall–Kier alpha value is -3.60. The number of aromatic nitrogens is 1. The SMILES string of the molecule is O=C(Cn1c2c(sc1=O)[C@H](c1ccco1)C1C(=O)N(c3ccc(Cl)cc3)C(=O)C1S2)Nc1ccccc1. The fraction of sp³-hybridized carbons (Fsp3) is 0.154. The van der Waals surface area contributed by atoms with Crippen molar-refractivity contribution in [1.29, 1.82) is 0 Å². The maximum atomic E-state index is 13.7. The van der Waals surface area contributed by atoms with Crippen LogP contribution < -0.4 is 15.1 Å². The van der Waals surface area contributed by atoms with Crippen LogP contribution in [0.4, 0.5) is 11.4 Å². The minimum Gasteiger partial charge on any atom is -0.469 e. The zero-order chi connectivity index (χ0) is 25.7. The third-order valence-corrected chi connectivity index (χ3v) is 9.20. The number of halogens is 1. The van der Waals surface area contributed by atoms with E-state index in [-0.39, 0.29) is 29.1 Å². The Morgan fingerprint density at radius 2 is 1.73 bits per heavy atom. The minimum atomic E-state index is -0.789. The second-order valence-electron chi connectivity index (χ2n) is 8.58. The number of furan rings is 1. The predicted molar refractivity (Wildman–Crippen MR) is 141 cm³/mol. The van der Waals surface area contributed by atoms with Gasteiger partial charge in [-0.1, -0.05) is 52.9 Å². The lowest BCUT2D eigenvalue weighted by Crippen LogP contribution is -2.32. The highest BCUT2D eigenvalue weighted by molar-refractivity contribution is 8.00. The second kappa shape index (κ2) is 9.37. The number of fused-ring (bicyclic) bond motifs is 2. The highest BCUT2D eigenvalue weighted by Crippen LogP contribution is 2.53. The number of imide groups is 1. The number of rotatable bonds is 5. The van der Waals surface area contributed by atoms with E-state index in [0.29, 0.717) is 32.1 Å². The van der Waals surface area contributed by atoms with E-state index in [1.54, 1.807) is 60.7 Å². The average Bonchev–Trinajstić information content (AvgIpc) is 3.58. The molecule has 37 heavy (non-hydrogen) atoms. The lowest BCUT2D eigenvalue weighted by Gasteiger charge is -2.29. The quantitative estimate of drug-likeness (QED) is 0.364. The van der Waals surface area contributed by atoms with Crippen molar-refractivity contribution in [2.24, 2.45) is 5.92 Å². The number of anilines is 2. The van der Waals surface area contributed by atoms with Gasteiger partial charge in [-0.3, -0.25) is 23.7 Å². The number of nitrogens with one attached hydrogen (secondary N) is 1. The summed E-state index contributed by atoms with van der Waals surface area (Å²) >= 11 is 8.13. The largest absolute Gasteiger partial charge is 0.469 e. The molecule has 2 aliphatic rings. The van der Waals surface area contributed by atoms with E-state index in [2.05, 4.69) is 5.32 Å². The van der Waals surface area contributed by atoms with Gasteiger partial charge in [0.1, 0.15) is 17.6 Å². The normalized spacial score (nSPS) is 20.6. The Balaban J connectivity index is 1.39. The molecule has 0 spiro atoms. The standard InChI is InChI=1S/C26H18ClN3O5S2/c27-14-8-10-16(11-9-14)30-23(32)20-19(17-7-4-12-35-17)22-25(36-21(20)24(30)33)29(26(34)37-22)13-18(31)28-15-5-2-1-3-6-15/h1-12,19-21H,13H2,(H,28,31)/t19-,20?,21?/m1/s1. The van der Waals surface area contributed by atoms with E-state index in [9.17, 15) is 19.2 Å². The van der Waals surface area contributed by atoms with Gasteiger partial charge in [-0.05, 0) is 48.5 Å². The Bertz CT molecular complexity index is 1560. The lowest BCUT2D eigenvalue weighted by molar-refractivity contribution is -0.122. The molecule has 1 saturated heterocycles. The Kier molecular flexibility index (Phi) is 6.02. The van der Waals surface area contributed by atoms with Crippen molar-refractivity contribution in [2.45, 2.75) is 22.7 Å². The van der Waals surface area contributed by atoms with Crippen LogP contribution in [0.1, 0.15) is 16.6 Å². The van der Waals surface area contributed by atoms with Crippen molar-refractivity contribution in [1.82, 2.24) is 4.57 Å². The first-order valence-corrected chi connectivity index (χ1v) is 13.4. The van der Waals surface area contributed by atoms with E-state index in [4.69, 9.17) is 16.0 Å². The molecular formula is C26H18ClN3O5S2. The van der Waals surface area contributed by atoms with Crippen LogP contribution in [0.2, 0.25) is 5.02 Å². The summed E-state index contributed by atoms with van der Waals surface area (Å²) in [7, 11) is 0. The smallest absolute Gasteiger partial charge is 0.308 e. The molecule has 0 bridgehead atoms. The number of para-hydroxylation sites is 1. The van der Waals surface area contributed by atoms with E-state index >= 15 is 0 Å². The molecule has 2 aromatic heterocycles. The zero-order valence-electron chi connectivity index (χ0n) is 19.0. The molecule has 8 nitrogen and oxygen atoms in total. The Morgan fingerprint density at radius 1 is 0.973 bits per heavy atom.